The van der Waals surface area contributed by atoms with Gasteiger partial charge in [-0.2, -0.15) is 0 Å². The van der Waals surface area contributed by atoms with Crippen molar-refractivity contribution in [3.05, 3.63) is 35.0 Å². The molecule has 3 heteroatoms. The van der Waals surface area contributed by atoms with Crippen LogP contribution in [0.2, 0.25) is 5.02 Å². The van der Waals surface area contributed by atoms with E-state index in [0.717, 1.165) is 23.6 Å². The third-order valence-corrected chi connectivity index (χ3v) is 4.39. The van der Waals surface area contributed by atoms with Crippen LogP contribution in [0.15, 0.2) is 24.4 Å². The summed E-state index contributed by atoms with van der Waals surface area (Å²) >= 11 is 5.98. The van der Waals surface area contributed by atoms with Gasteiger partial charge < -0.3 is 10.3 Å². The molecule has 0 spiro atoms. The summed E-state index contributed by atoms with van der Waals surface area (Å²) in [5.74, 6) is 0. The molecule has 0 amide bonds. The number of rotatable bonds is 4. The van der Waals surface area contributed by atoms with E-state index in [2.05, 4.69) is 29.5 Å². The molecule has 0 unspecified atom stereocenters. The molecule has 1 aliphatic rings. The molecule has 0 bridgehead atoms. The summed E-state index contributed by atoms with van der Waals surface area (Å²) in [6, 6.07) is 6.03. The first-order valence-corrected chi connectivity index (χ1v) is 7.00. The van der Waals surface area contributed by atoms with Crippen LogP contribution in [-0.2, 0) is 6.54 Å². The van der Waals surface area contributed by atoms with E-state index in [0.29, 0.717) is 5.41 Å². The minimum absolute atomic E-state index is 0.537. The zero-order valence-electron chi connectivity index (χ0n) is 10.7. The molecule has 96 valence electrons. The third kappa shape index (κ3) is 2.27. The summed E-state index contributed by atoms with van der Waals surface area (Å²) in [5, 5.41) is 5.64. The minimum Gasteiger partial charge on any atom is -0.361 e. The van der Waals surface area contributed by atoms with Gasteiger partial charge in [0, 0.05) is 35.2 Å². The summed E-state index contributed by atoms with van der Waals surface area (Å²) in [6.45, 7) is 4.42. The Balaban J connectivity index is 1.67. The predicted molar refractivity (Wildman–Crippen MR) is 77.0 cm³/mol. The lowest BCUT2D eigenvalue weighted by Gasteiger charge is -2.38. The number of aromatic amines is 1. The molecule has 1 aromatic heterocycles. The molecule has 0 saturated heterocycles. The van der Waals surface area contributed by atoms with Gasteiger partial charge >= 0.3 is 0 Å². The van der Waals surface area contributed by atoms with Crippen molar-refractivity contribution in [1.29, 1.82) is 0 Å². The summed E-state index contributed by atoms with van der Waals surface area (Å²) in [5.41, 5.74) is 2.98. The number of hydrogen-bond acceptors (Lipinski definition) is 1. The van der Waals surface area contributed by atoms with Crippen molar-refractivity contribution >= 4 is 22.5 Å². The van der Waals surface area contributed by atoms with Gasteiger partial charge in [-0.3, -0.25) is 0 Å². The Morgan fingerprint density at radius 3 is 2.94 bits per heavy atom. The van der Waals surface area contributed by atoms with Gasteiger partial charge in [-0.25, -0.2) is 0 Å². The Bertz CT molecular complexity index is 555. The van der Waals surface area contributed by atoms with Gasteiger partial charge in [0.2, 0.25) is 0 Å². The van der Waals surface area contributed by atoms with Gasteiger partial charge in [0.25, 0.3) is 0 Å². The van der Waals surface area contributed by atoms with Gasteiger partial charge in [-0.05, 0) is 36.0 Å². The molecule has 18 heavy (non-hydrogen) atoms. The van der Waals surface area contributed by atoms with Crippen molar-refractivity contribution in [3.8, 4) is 0 Å². The maximum absolute atomic E-state index is 5.98. The normalized spacial score (nSPS) is 17.9. The third-order valence-electron chi connectivity index (χ3n) is 4.16. The number of halogens is 1. The number of hydrogen-bond donors (Lipinski definition) is 2. The summed E-state index contributed by atoms with van der Waals surface area (Å²) in [7, 11) is 0. The van der Waals surface area contributed by atoms with Gasteiger partial charge in [-0.1, -0.05) is 31.0 Å². The fourth-order valence-corrected chi connectivity index (χ4v) is 2.93. The van der Waals surface area contributed by atoms with Crippen LogP contribution in [0.3, 0.4) is 0 Å². The van der Waals surface area contributed by atoms with Gasteiger partial charge in [0.15, 0.2) is 0 Å². The lowest BCUT2D eigenvalue weighted by atomic mass is 9.70. The molecule has 1 aromatic carbocycles. The van der Waals surface area contributed by atoms with Crippen LogP contribution in [0.5, 0.6) is 0 Å². The molecule has 1 heterocycles. The van der Waals surface area contributed by atoms with Gasteiger partial charge in [0.1, 0.15) is 0 Å². The first kappa shape index (κ1) is 12.1. The van der Waals surface area contributed by atoms with Crippen LogP contribution in [0, 0.1) is 5.41 Å². The van der Waals surface area contributed by atoms with Crippen LogP contribution in [0.25, 0.3) is 10.9 Å². The smallest absolute Gasteiger partial charge is 0.0472 e. The fraction of sp³-hybridized carbons (Fsp3) is 0.467. The highest BCUT2D eigenvalue weighted by Crippen LogP contribution is 2.39. The van der Waals surface area contributed by atoms with E-state index in [1.165, 1.54) is 30.2 Å². The van der Waals surface area contributed by atoms with Crippen molar-refractivity contribution in [3.63, 3.8) is 0 Å². The SMILES string of the molecule is CC1(CNCc2c[nH]c3cc(Cl)ccc23)CCC1. The van der Waals surface area contributed by atoms with Crippen LogP contribution >= 0.6 is 11.6 Å². The Morgan fingerprint density at radius 1 is 1.39 bits per heavy atom. The van der Waals surface area contributed by atoms with E-state index >= 15 is 0 Å². The largest absolute Gasteiger partial charge is 0.361 e. The molecule has 2 aromatic rings. The zero-order valence-corrected chi connectivity index (χ0v) is 11.5. The highest BCUT2D eigenvalue weighted by Gasteiger charge is 2.30. The standard InChI is InChI=1S/C15H19ClN2/c1-15(5-2-6-15)10-17-8-11-9-18-14-7-12(16)3-4-13(11)14/h3-4,7,9,17-18H,2,5-6,8,10H2,1H3. The second kappa shape index (κ2) is 4.60. The van der Waals surface area contributed by atoms with Crippen molar-refractivity contribution in [2.24, 2.45) is 5.41 Å². The molecule has 1 fully saturated rings. The zero-order chi connectivity index (χ0) is 12.6. The lowest BCUT2D eigenvalue weighted by Crippen LogP contribution is -2.36. The summed E-state index contributed by atoms with van der Waals surface area (Å²) in [4.78, 5) is 3.28. The second-order valence-electron chi connectivity index (χ2n) is 5.77. The molecule has 1 aliphatic carbocycles. The predicted octanol–water partition coefficient (Wildman–Crippen LogP) is 4.10. The van der Waals surface area contributed by atoms with Gasteiger partial charge in [-0.15, -0.1) is 0 Å². The topological polar surface area (TPSA) is 27.8 Å². The second-order valence-corrected chi connectivity index (χ2v) is 6.21. The van der Waals surface area contributed by atoms with E-state index in [9.17, 15) is 0 Å². The molecule has 1 saturated carbocycles. The number of aromatic nitrogens is 1. The molecule has 0 radical (unpaired) electrons. The molecule has 0 aliphatic heterocycles. The molecule has 2 N–H and O–H groups in total. The quantitative estimate of drug-likeness (QED) is 0.853. The van der Waals surface area contributed by atoms with E-state index in [4.69, 9.17) is 11.6 Å². The lowest BCUT2D eigenvalue weighted by molar-refractivity contribution is 0.156. The van der Waals surface area contributed by atoms with E-state index in [1.54, 1.807) is 0 Å². The summed E-state index contributed by atoms with van der Waals surface area (Å²) in [6.07, 6.45) is 6.20. The Labute approximate surface area is 113 Å². The molecular weight excluding hydrogens is 244 g/mol. The van der Waals surface area contributed by atoms with Crippen LogP contribution in [-0.4, -0.2) is 11.5 Å². The van der Waals surface area contributed by atoms with Crippen LogP contribution < -0.4 is 5.32 Å². The van der Waals surface area contributed by atoms with E-state index in [1.807, 2.05) is 12.1 Å². The maximum atomic E-state index is 5.98. The number of benzene rings is 1. The molecule has 3 rings (SSSR count). The Kier molecular flexibility index (Phi) is 3.08. The maximum Gasteiger partial charge on any atom is 0.0472 e. The number of nitrogens with one attached hydrogen (secondary N) is 2. The Hall–Kier alpha value is -0.990. The van der Waals surface area contributed by atoms with Gasteiger partial charge in [0.05, 0.1) is 0 Å². The van der Waals surface area contributed by atoms with Crippen LogP contribution in [0.1, 0.15) is 31.7 Å². The van der Waals surface area contributed by atoms with Crippen molar-refractivity contribution in [2.45, 2.75) is 32.7 Å². The highest BCUT2D eigenvalue weighted by atomic mass is 35.5. The first-order valence-electron chi connectivity index (χ1n) is 6.63. The fourth-order valence-electron chi connectivity index (χ4n) is 2.76. The average molecular weight is 263 g/mol. The average Bonchev–Trinajstić information content (AvgIpc) is 2.69. The molecular formula is C15H19ClN2. The van der Waals surface area contributed by atoms with Crippen molar-refractivity contribution in [1.82, 2.24) is 10.3 Å². The monoisotopic (exact) mass is 262 g/mol. The van der Waals surface area contributed by atoms with E-state index < -0.39 is 0 Å². The number of H-pyrrole nitrogens is 1. The van der Waals surface area contributed by atoms with E-state index in [-0.39, 0.29) is 0 Å². The summed E-state index contributed by atoms with van der Waals surface area (Å²) < 4.78 is 0. The minimum atomic E-state index is 0.537. The first-order chi connectivity index (χ1) is 8.66. The highest BCUT2D eigenvalue weighted by molar-refractivity contribution is 6.31. The van der Waals surface area contributed by atoms with Crippen LogP contribution in [0.4, 0.5) is 0 Å². The molecule has 0 atom stereocenters. The molecule has 2 nitrogen and oxygen atoms in total. The van der Waals surface area contributed by atoms with Crippen molar-refractivity contribution < 1.29 is 0 Å². The Morgan fingerprint density at radius 2 is 2.22 bits per heavy atom. The number of fused-ring (bicyclic) bond motifs is 1. The van der Waals surface area contributed by atoms with Crippen molar-refractivity contribution in [2.75, 3.05) is 6.54 Å².